The first-order valence-electron chi connectivity index (χ1n) is 9.53. The van der Waals surface area contributed by atoms with Crippen LogP contribution < -0.4 is 15.4 Å². The van der Waals surface area contributed by atoms with Crippen LogP contribution in [0, 0.1) is 11.5 Å². The lowest BCUT2D eigenvalue weighted by atomic mass is 10.1. The number of esters is 1. The van der Waals surface area contributed by atoms with Crippen LogP contribution >= 0.6 is 0 Å². The number of ether oxygens (including phenoxy) is 2. The molecule has 0 fully saturated rings. The molecule has 8 nitrogen and oxygen atoms in total. The Bertz CT molecular complexity index is 1080. The quantitative estimate of drug-likeness (QED) is 0.183. The number of aliphatic imine (C=N–C) groups is 1. The van der Waals surface area contributed by atoms with Crippen molar-refractivity contribution in [3.05, 3.63) is 59.8 Å². The van der Waals surface area contributed by atoms with Crippen molar-refractivity contribution in [3.8, 4) is 11.9 Å². The number of nitriles is 1. The molecule has 0 aliphatic heterocycles. The summed E-state index contributed by atoms with van der Waals surface area (Å²) in [7, 11) is 1.60. The van der Waals surface area contributed by atoms with E-state index >= 15 is 0 Å². The number of hydrogen-bond donors (Lipinski definition) is 3. The third-order valence-corrected chi connectivity index (χ3v) is 4.44. The van der Waals surface area contributed by atoms with Crippen LogP contribution in [0.3, 0.4) is 0 Å². The van der Waals surface area contributed by atoms with E-state index < -0.39 is 5.97 Å². The Kier molecular flexibility index (Phi) is 6.90. The zero-order chi connectivity index (χ0) is 21.3. The molecule has 0 aliphatic carbocycles. The number of carbonyl (C=O) groups is 1. The molecule has 0 saturated carbocycles. The number of nitrogens with zero attached hydrogens (tertiary/aromatic N) is 2. The Morgan fingerprint density at radius 1 is 1.23 bits per heavy atom. The average molecular weight is 405 g/mol. The first kappa shape index (κ1) is 20.7. The number of methoxy groups -OCH3 is 1. The van der Waals surface area contributed by atoms with Crippen LogP contribution in [0.15, 0.2) is 53.5 Å². The number of fused-ring (bicyclic) bond motifs is 1. The molecule has 1 aromatic heterocycles. The van der Waals surface area contributed by atoms with Gasteiger partial charge >= 0.3 is 5.97 Å². The van der Waals surface area contributed by atoms with Crippen molar-refractivity contribution < 1.29 is 14.3 Å². The van der Waals surface area contributed by atoms with Crippen molar-refractivity contribution in [3.63, 3.8) is 0 Å². The molecular weight excluding hydrogens is 382 g/mol. The largest absolute Gasteiger partial charge is 0.497 e. The smallest absolute Gasteiger partial charge is 0.355 e. The van der Waals surface area contributed by atoms with E-state index in [2.05, 4.69) is 20.6 Å². The molecule has 3 aromatic rings. The summed E-state index contributed by atoms with van der Waals surface area (Å²) in [6, 6.07) is 15.0. The van der Waals surface area contributed by atoms with Crippen LogP contribution in [0.4, 0.5) is 5.69 Å². The summed E-state index contributed by atoms with van der Waals surface area (Å²) in [4.78, 5) is 20.0. The normalized spacial score (nSPS) is 11.0. The first-order chi connectivity index (χ1) is 14.7. The number of hydrogen-bond acceptors (Lipinski definition) is 5. The fraction of sp³-hybridized carbons (Fsp3) is 0.227. The van der Waals surface area contributed by atoms with Crippen LogP contribution in [0.25, 0.3) is 10.9 Å². The number of nitrogens with one attached hydrogen (secondary N) is 3. The van der Waals surface area contributed by atoms with Gasteiger partial charge < -0.3 is 19.8 Å². The molecule has 154 valence electrons. The molecule has 2 aromatic carbocycles. The molecule has 0 aliphatic rings. The second-order valence-electron chi connectivity index (χ2n) is 6.32. The number of para-hydroxylation sites is 1. The minimum Gasteiger partial charge on any atom is -0.497 e. The molecule has 8 heteroatoms. The summed E-state index contributed by atoms with van der Waals surface area (Å²) in [5, 5.41) is 15.5. The van der Waals surface area contributed by atoms with Gasteiger partial charge in [0.25, 0.3) is 0 Å². The maximum absolute atomic E-state index is 12.4. The van der Waals surface area contributed by atoms with E-state index in [-0.39, 0.29) is 6.61 Å². The monoisotopic (exact) mass is 405 g/mol. The number of guanidine groups is 1. The highest BCUT2D eigenvalue weighted by atomic mass is 16.5. The highest BCUT2D eigenvalue weighted by Gasteiger charge is 2.19. The summed E-state index contributed by atoms with van der Waals surface area (Å²) in [6.45, 7) is 2.40. The summed E-state index contributed by atoms with van der Waals surface area (Å²) in [6.07, 6.45) is 2.35. The van der Waals surface area contributed by atoms with Gasteiger partial charge in [-0.25, -0.2) is 4.79 Å². The predicted octanol–water partition coefficient (Wildman–Crippen LogP) is 3.43. The zero-order valence-corrected chi connectivity index (χ0v) is 16.9. The summed E-state index contributed by atoms with van der Waals surface area (Å²) in [5.41, 5.74) is 2.82. The van der Waals surface area contributed by atoms with Crippen LogP contribution in [0.2, 0.25) is 0 Å². The predicted molar refractivity (Wildman–Crippen MR) is 116 cm³/mol. The Morgan fingerprint density at radius 3 is 2.73 bits per heavy atom. The fourth-order valence-electron chi connectivity index (χ4n) is 3.09. The maximum atomic E-state index is 12.4. The molecule has 30 heavy (non-hydrogen) atoms. The van der Waals surface area contributed by atoms with Crippen molar-refractivity contribution in [2.24, 2.45) is 4.99 Å². The van der Waals surface area contributed by atoms with E-state index in [1.54, 1.807) is 14.0 Å². The van der Waals surface area contributed by atoms with E-state index in [0.717, 1.165) is 22.2 Å². The Hall–Kier alpha value is -3.99. The van der Waals surface area contributed by atoms with E-state index in [1.165, 1.54) is 0 Å². The number of anilines is 1. The van der Waals surface area contributed by atoms with Gasteiger partial charge in [-0.2, -0.15) is 5.26 Å². The lowest BCUT2D eigenvalue weighted by Gasteiger charge is -2.08. The van der Waals surface area contributed by atoms with E-state index in [4.69, 9.17) is 14.7 Å². The lowest BCUT2D eigenvalue weighted by Crippen LogP contribution is -2.27. The van der Waals surface area contributed by atoms with Gasteiger partial charge in [-0.05, 0) is 49.2 Å². The van der Waals surface area contributed by atoms with Crippen molar-refractivity contribution in [1.82, 2.24) is 10.3 Å². The molecule has 1 heterocycles. The minimum absolute atomic E-state index is 0.284. The third-order valence-electron chi connectivity index (χ3n) is 4.44. The second-order valence-corrected chi connectivity index (χ2v) is 6.32. The molecule has 0 amide bonds. The summed E-state index contributed by atoms with van der Waals surface area (Å²) >= 11 is 0. The highest BCUT2D eigenvalue weighted by Crippen LogP contribution is 2.27. The number of rotatable bonds is 7. The van der Waals surface area contributed by atoms with Gasteiger partial charge in [-0.3, -0.25) is 10.3 Å². The first-order valence-corrected chi connectivity index (χ1v) is 9.53. The maximum Gasteiger partial charge on any atom is 0.355 e. The minimum atomic E-state index is -0.413. The Morgan fingerprint density at radius 2 is 2.03 bits per heavy atom. The van der Waals surface area contributed by atoms with E-state index in [0.29, 0.717) is 30.4 Å². The standard InChI is InChI=1S/C22H23N5O3/c1-3-30-21(28)20-17(18-13-16(29-2)9-10-19(18)27-20)11-12-24-22(25-14-23)26-15-7-5-4-6-8-15/h4-10,13,27H,3,11-12H2,1-2H3,(H2,24,25,26). The van der Waals surface area contributed by atoms with Crippen molar-refractivity contribution in [2.75, 3.05) is 25.6 Å². The molecule has 3 N–H and O–H groups in total. The second kappa shape index (κ2) is 9.98. The van der Waals surface area contributed by atoms with Gasteiger partial charge in [0.2, 0.25) is 5.96 Å². The number of carbonyl (C=O) groups excluding carboxylic acids is 1. The zero-order valence-electron chi connectivity index (χ0n) is 16.9. The van der Waals surface area contributed by atoms with Gasteiger partial charge in [-0.1, -0.05) is 18.2 Å². The van der Waals surface area contributed by atoms with Crippen LogP contribution in [0.5, 0.6) is 5.75 Å². The van der Waals surface area contributed by atoms with Crippen molar-refractivity contribution >= 4 is 28.5 Å². The Labute approximate surface area is 174 Å². The number of aromatic nitrogens is 1. The van der Waals surface area contributed by atoms with Gasteiger partial charge in [0.1, 0.15) is 11.4 Å². The van der Waals surface area contributed by atoms with E-state index in [1.807, 2.05) is 54.7 Å². The van der Waals surface area contributed by atoms with Crippen LogP contribution in [-0.2, 0) is 11.2 Å². The van der Waals surface area contributed by atoms with Crippen LogP contribution in [0.1, 0.15) is 23.0 Å². The third kappa shape index (κ3) is 4.89. The molecule has 0 spiro atoms. The van der Waals surface area contributed by atoms with Gasteiger partial charge in [-0.15, -0.1) is 0 Å². The topological polar surface area (TPSA) is 112 Å². The van der Waals surface area contributed by atoms with Gasteiger partial charge in [0.05, 0.1) is 13.7 Å². The Balaban J connectivity index is 1.87. The average Bonchev–Trinajstić information content (AvgIpc) is 3.12. The van der Waals surface area contributed by atoms with Crippen molar-refractivity contribution in [1.29, 1.82) is 5.26 Å². The molecular formula is C22H23N5O3. The SMILES string of the molecule is CCOC(=O)c1[nH]c2ccc(OC)cc2c1CCN=C(NC#N)Nc1ccccc1. The van der Waals surface area contributed by atoms with Gasteiger partial charge in [0.15, 0.2) is 6.19 Å². The lowest BCUT2D eigenvalue weighted by molar-refractivity contribution is 0.0519. The fourth-order valence-corrected chi connectivity index (χ4v) is 3.09. The number of H-pyrrole nitrogens is 1. The molecule has 0 saturated heterocycles. The number of benzene rings is 2. The van der Waals surface area contributed by atoms with E-state index in [9.17, 15) is 4.79 Å². The summed E-state index contributed by atoms with van der Waals surface area (Å²) < 4.78 is 10.5. The molecule has 0 bridgehead atoms. The summed E-state index contributed by atoms with van der Waals surface area (Å²) in [5.74, 6) is 0.613. The number of aromatic amines is 1. The van der Waals surface area contributed by atoms with Crippen molar-refractivity contribution in [2.45, 2.75) is 13.3 Å². The molecule has 0 atom stereocenters. The highest BCUT2D eigenvalue weighted by molar-refractivity contribution is 5.99. The van der Waals surface area contributed by atoms with Gasteiger partial charge in [0, 0.05) is 23.1 Å². The molecule has 0 radical (unpaired) electrons. The van der Waals surface area contributed by atoms with Crippen LogP contribution in [-0.4, -0.2) is 37.2 Å². The molecule has 0 unspecified atom stereocenters. The molecule has 3 rings (SSSR count).